The van der Waals surface area contributed by atoms with Crippen LogP contribution in [0.3, 0.4) is 0 Å². The number of carbonyl (C=O) groups excluding carboxylic acids is 1. The van der Waals surface area contributed by atoms with Crippen molar-refractivity contribution < 1.29 is 46.5 Å². The first-order valence-electron chi connectivity index (χ1n) is 14.9. The fourth-order valence-corrected chi connectivity index (χ4v) is 6.00. The number of nitrogen functional groups attached to an aromatic ring is 1. The SMILES string of the molecule is CCOc1nc(N)nc2c1ncn2[C@](C)(F)[C@H](O)[C@@](F)(COP(=O)(NC(C)C(=O)OCC(C)(C)C)Oc1cccc2ncccc12)OC. The minimum atomic E-state index is -4.75. The van der Waals surface area contributed by atoms with E-state index in [0.29, 0.717) is 10.9 Å². The molecule has 4 N–H and O–H groups in total. The molecule has 0 radical (unpaired) electrons. The third-order valence-corrected chi connectivity index (χ3v) is 8.60. The number of aliphatic hydroxyl groups excluding tert-OH is 1. The summed E-state index contributed by atoms with van der Waals surface area (Å²) in [6, 6.07) is 6.68. The van der Waals surface area contributed by atoms with E-state index in [4.69, 9.17) is 29.0 Å². The molecular formula is C30H40F2N7O8P. The number of methoxy groups -OCH3 is 1. The predicted octanol–water partition coefficient (Wildman–Crippen LogP) is 4.44. The minimum absolute atomic E-state index is 0.000683. The molecule has 0 aliphatic heterocycles. The van der Waals surface area contributed by atoms with Gasteiger partial charge in [0.25, 0.3) is 5.85 Å². The molecule has 0 aliphatic rings. The maximum atomic E-state index is 16.5. The van der Waals surface area contributed by atoms with Crippen LogP contribution in [0.4, 0.5) is 14.7 Å². The first kappa shape index (κ1) is 36.8. The van der Waals surface area contributed by atoms with Crippen LogP contribution >= 0.6 is 7.75 Å². The number of aromatic nitrogens is 5. The van der Waals surface area contributed by atoms with Crippen molar-refractivity contribution in [3.63, 3.8) is 0 Å². The van der Waals surface area contributed by atoms with Gasteiger partial charge in [-0.2, -0.15) is 15.1 Å². The van der Waals surface area contributed by atoms with E-state index in [2.05, 4.69) is 25.0 Å². The Bertz CT molecular complexity index is 1800. The molecule has 15 nitrogen and oxygen atoms in total. The number of alkyl halides is 2. The maximum absolute atomic E-state index is 16.5. The summed E-state index contributed by atoms with van der Waals surface area (Å²) in [6.07, 6.45) is -0.166. The second-order valence-corrected chi connectivity index (χ2v) is 13.9. The van der Waals surface area contributed by atoms with E-state index in [1.807, 2.05) is 20.8 Å². The van der Waals surface area contributed by atoms with E-state index in [9.17, 15) is 14.5 Å². The van der Waals surface area contributed by atoms with Crippen LogP contribution < -0.4 is 20.1 Å². The van der Waals surface area contributed by atoms with Crippen molar-refractivity contribution >= 4 is 41.7 Å². The number of ether oxygens (including phenoxy) is 3. The normalized spacial score (nSPS) is 17.2. The molecule has 5 atom stereocenters. The number of anilines is 1. The van der Waals surface area contributed by atoms with Crippen molar-refractivity contribution in [2.24, 2.45) is 5.41 Å². The first-order valence-corrected chi connectivity index (χ1v) is 16.4. The van der Waals surface area contributed by atoms with Crippen molar-refractivity contribution in [1.82, 2.24) is 29.6 Å². The average molecular weight is 696 g/mol. The van der Waals surface area contributed by atoms with E-state index < -0.39 is 44.1 Å². The lowest BCUT2D eigenvalue weighted by atomic mass is 9.99. The van der Waals surface area contributed by atoms with Gasteiger partial charge >= 0.3 is 13.7 Å². The van der Waals surface area contributed by atoms with Crippen LogP contribution in [-0.4, -0.2) is 80.5 Å². The van der Waals surface area contributed by atoms with Crippen LogP contribution in [0.5, 0.6) is 11.6 Å². The Morgan fingerprint density at radius 1 is 1.12 bits per heavy atom. The minimum Gasteiger partial charge on any atom is -0.476 e. The quantitative estimate of drug-likeness (QED) is 0.117. The number of halogens is 2. The van der Waals surface area contributed by atoms with Gasteiger partial charge in [-0.05, 0) is 50.5 Å². The fourth-order valence-electron chi connectivity index (χ4n) is 4.47. The topological polar surface area (TPSA) is 195 Å². The van der Waals surface area contributed by atoms with E-state index in [0.717, 1.165) is 24.9 Å². The number of carbonyl (C=O) groups is 1. The van der Waals surface area contributed by atoms with E-state index >= 15 is 8.78 Å². The van der Waals surface area contributed by atoms with Gasteiger partial charge in [-0.25, -0.2) is 18.3 Å². The van der Waals surface area contributed by atoms with Crippen molar-refractivity contribution in [3.8, 4) is 11.6 Å². The Labute approximate surface area is 275 Å². The number of benzene rings is 1. The molecule has 262 valence electrons. The lowest BCUT2D eigenvalue weighted by molar-refractivity contribution is -0.253. The molecule has 4 aromatic rings. The largest absolute Gasteiger partial charge is 0.476 e. The van der Waals surface area contributed by atoms with E-state index in [1.165, 1.54) is 13.0 Å². The number of esters is 1. The van der Waals surface area contributed by atoms with Gasteiger partial charge in [-0.3, -0.25) is 18.9 Å². The summed E-state index contributed by atoms with van der Waals surface area (Å²) in [5.74, 6) is -7.53. The highest BCUT2D eigenvalue weighted by Crippen LogP contribution is 2.48. The number of pyridine rings is 1. The number of aliphatic hydroxyl groups is 1. The zero-order valence-corrected chi connectivity index (χ0v) is 28.5. The molecule has 1 aromatic carbocycles. The van der Waals surface area contributed by atoms with Gasteiger partial charge in [0.2, 0.25) is 17.6 Å². The van der Waals surface area contributed by atoms with Crippen LogP contribution in [-0.2, 0) is 29.1 Å². The number of hydrogen-bond acceptors (Lipinski definition) is 13. The van der Waals surface area contributed by atoms with Crippen molar-refractivity contribution in [3.05, 3.63) is 42.9 Å². The zero-order valence-electron chi connectivity index (χ0n) is 27.6. The number of nitrogens with two attached hydrogens (primary N) is 1. The molecule has 0 saturated carbocycles. The van der Waals surface area contributed by atoms with Gasteiger partial charge in [-0.15, -0.1) is 0 Å². The third kappa shape index (κ3) is 8.15. The van der Waals surface area contributed by atoms with Gasteiger partial charge in [0.1, 0.15) is 18.4 Å². The van der Waals surface area contributed by atoms with Gasteiger partial charge < -0.3 is 29.6 Å². The molecule has 48 heavy (non-hydrogen) atoms. The summed E-state index contributed by atoms with van der Waals surface area (Å²) in [4.78, 5) is 29.0. The van der Waals surface area contributed by atoms with Crippen LogP contribution in [0.2, 0.25) is 0 Å². The summed E-state index contributed by atoms with van der Waals surface area (Å²) in [5, 5.41) is 14.0. The molecule has 3 aromatic heterocycles. The van der Waals surface area contributed by atoms with E-state index in [-0.39, 0.29) is 47.4 Å². The second kappa shape index (κ2) is 14.2. The number of hydrogen-bond donors (Lipinski definition) is 3. The van der Waals surface area contributed by atoms with E-state index in [1.54, 1.807) is 37.4 Å². The molecule has 0 saturated heterocycles. The molecule has 2 unspecified atom stereocenters. The monoisotopic (exact) mass is 695 g/mol. The molecule has 18 heteroatoms. The molecule has 0 fully saturated rings. The molecule has 0 spiro atoms. The van der Waals surface area contributed by atoms with Gasteiger partial charge in [0.05, 0.1) is 25.1 Å². The summed E-state index contributed by atoms with van der Waals surface area (Å²) in [5.41, 5.74) is 5.67. The molecule has 0 bridgehead atoms. The molecule has 3 heterocycles. The summed E-state index contributed by atoms with van der Waals surface area (Å²) in [6.45, 7) is 8.30. The van der Waals surface area contributed by atoms with Crippen LogP contribution in [0, 0.1) is 5.41 Å². The van der Waals surface area contributed by atoms with Gasteiger partial charge in [0.15, 0.2) is 17.3 Å². The smallest absolute Gasteiger partial charge is 0.459 e. The Kier molecular flexibility index (Phi) is 10.9. The maximum Gasteiger partial charge on any atom is 0.459 e. The molecule has 4 rings (SSSR count). The lowest BCUT2D eigenvalue weighted by Gasteiger charge is -2.37. The zero-order chi connectivity index (χ0) is 35.5. The van der Waals surface area contributed by atoms with Crippen molar-refractivity contribution in [1.29, 1.82) is 0 Å². The summed E-state index contributed by atoms with van der Waals surface area (Å²) in [7, 11) is -3.90. The standard InChI is InChI=1S/C30H40F2N7O8P/c1-8-44-24-22-23(36-27(33)37-24)39(17-35-22)29(6,31)26(41)30(32,43-7)16-46-48(42,38-18(2)25(40)45-15-28(3,4)5)47-21-13-9-12-20-19(21)11-10-14-34-20/h9-14,17-18,26,41H,8,15-16H2,1-7H3,(H,38,42)(H2,33,36,37)/t18?,26-,29-,30+,48?/m0/s1. The number of rotatable bonds is 15. The van der Waals surface area contributed by atoms with Gasteiger partial charge in [0, 0.05) is 18.7 Å². The fraction of sp³-hybridized carbons (Fsp3) is 0.500. The number of imidazole rings is 1. The van der Waals surface area contributed by atoms with Crippen LogP contribution in [0.15, 0.2) is 42.9 Å². The Balaban J connectivity index is 1.65. The predicted molar refractivity (Wildman–Crippen MR) is 171 cm³/mol. The highest BCUT2D eigenvalue weighted by Gasteiger charge is 2.54. The summed E-state index contributed by atoms with van der Waals surface area (Å²) >= 11 is 0. The third-order valence-electron chi connectivity index (χ3n) is 6.99. The Morgan fingerprint density at radius 3 is 2.52 bits per heavy atom. The Hall–Kier alpha value is -4.02. The first-order chi connectivity index (χ1) is 22.4. The van der Waals surface area contributed by atoms with Crippen molar-refractivity contribution in [2.45, 2.75) is 65.3 Å². The van der Waals surface area contributed by atoms with Gasteiger partial charge in [-0.1, -0.05) is 26.8 Å². The molecular weight excluding hydrogens is 655 g/mol. The van der Waals surface area contributed by atoms with Crippen molar-refractivity contribution in [2.75, 3.05) is 32.7 Å². The summed E-state index contributed by atoms with van der Waals surface area (Å²) < 4.78 is 74.9. The molecule has 0 amide bonds. The second-order valence-electron chi connectivity index (χ2n) is 12.2. The molecule has 0 aliphatic carbocycles. The number of nitrogens with one attached hydrogen (secondary N) is 1. The highest BCUT2D eigenvalue weighted by molar-refractivity contribution is 7.52. The number of nitrogens with zero attached hydrogens (tertiary/aromatic N) is 5. The number of fused-ring (bicyclic) bond motifs is 2. The van der Waals surface area contributed by atoms with Crippen LogP contribution in [0.25, 0.3) is 22.1 Å². The van der Waals surface area contributed by atoms with Crippen LogP contribution in [0.1, 0.15) is 41.5 Å². The highest BCUT2D eigenvalue weighted by atomic mass is 31.2. The Morgan fingerprint density at radius 2 is 1.85 bits per heavy atom. The lowest BCUT2D eigenvalue weighted by Crippen LogP contribution is -2.55. The average Bonchev–Trinajstić information content (AvgIpc) is 3.47.